The molecule has 6 N–H and O–H groups in total. The Balaban J connectivity index is 2.75. The highest BCUT2D eigenvalue weighted by Gasteiger charge is 2.25. The molecule has 0 aliphatic rings. The molecule has 0 aliphatic carbocycles. The van der Waals surface area contributed by atoms with Crippen molar-refractivity contribution in [1.29, 1.82) is 0 Å². The van der Waals surface area contributed by atoms with Gasteiger partial charge in [0.15, 0.2) is 0 Å². The zero-order valence-electron chi connectivity index (χ0n) is 10.5. The Morgan fingerprint density at radius 1 is 1.28 bits per heavy atom. The van der Waals surface area contributed by atoms with Crippen molar-refractivity contribution in [2.24, 2.45) is 17.0 Å². The summed E-state index contributed by atoms with van der Waals surface area (Å²) in [5.74, 6) is 4.54. The lowest BCUT2D eigenvalue weighted by Crippen LogP contribution is -2.42. The zero-order chi connectivity index (χ0) is 13.8. The van der Waals surface area contributed by atoms with E-state index in [1.807, 2.05) is 0 Å². The zero-order valence-corrected chi connectivity index (χ0v) is 10.5. The molecular weight excluding hydrogens is 232 g/mol. The van der Waals surface area contributed by atoms with Crippen molar-refractivity contribution in [3.63, 3.8) is 0 Å². The summed E-state index contributed by atoms with van der Waals surface area (Å²) >= 11 is 0. The number of hydrazine groups is 1. The van der Waals surface area contributed by atoms with Crippen molar-refractivity contribution in [2.75, 3.05) is 12.0 Å². The number of primary amides is 1. The van der Waals surface area contributed by atoms with E-state index in [2.05, 4.69) is 10.7 Å². The normalized spacial score (nSPS) is 10.8. The minimum Gasteiger partial charge on any atom is -0.369 e. The van der Waals surface area contributed by atoms with Crippen LogP contribution in [0, 0.1) is 5.41 Å². The van der Waals surface area contributed by atoms with Gasteiger partial charge in [0, 0.05) is 6.54 Å². The first-order valence-corrected chi connectivity index (χ1v) is 5.52. The molecule has 0 aliphatic heterocycles. The van der Waals surface area contributed by atoms with Crippen LogP contribution in [-0.4, -0.2) is 18.4 Å². The van der Waals surface area contributed by atoms with Gasteiger partial charge in [-0.3, -0.25) is 15.4 Å². The summed E-state index contributed by atoms with van der Waals surface area (Å²) in [6.07, 6.45) is 0. The Bertz CT molecular complexity index is 457. The van der Waals surface area contributed by atoms with Crippen LogP contribution in [0.2, 0.25) is 0 Å². The van der Waals surface area contributed by atoms with Crippen molar-refractivity contribution in [3.05, 3.63) is 29.8 Å². The van der Waals surface area contributed by atoms with E-state index in [0.717, 1.165) is 0 Å². The number of para-hydroxylation sites is 1. The molecule has 1 aromatic carbocycles. The van der Waals surface area contributed by atoms with Gasteiger partial charge >= 0.3 is 0 Å². The van der Waals surface area contributed by atoms with Gasteiger partial charge in [0.25, 0.3) is 5.91 Å². The van der Waals surface area contributed by atoms with Crippen LogP contribution < -0.4 is 22.3 Å². The summed E-state index contributed by atoms with van der Waals surface area (Å²) in [4.78, 5) is 23.1. The molecule has 0 saturated carbocycles. The van der Waals surface area contributed by atoms with Gasteiger partial charge in [0.2, 0.25) is 5.91 Å². The number of rotatable bonds is 5. The Hall–Kier alpha value is -2.08. The summed E-state index contributed by atoms with van der Waals surface area (Å²) in [5.41, 5.74) is 7.82. The van der Waals surface area contributed by atoms with Gasteiger partial charge in [-0.05, 0) is 26.0 Å². The van der Waals surface area contributed by atoms with Gasteiger partial charge in [-0.15, -0.1) is 0 Å². The Kier molecular flexibility index (Phi) is 4.28. The summed E-state index contributed by atoms with van der Waals surface area (Å²) in [6.45, 7) is 3.51. The number of carbonyl (C=O) groups is 2. The standard InChI is InChI=1S/C12H18N4O2/c1-12(2,11(13)18)7-15-10(17)8-5-3-4-6-9(8)16-14/h3-6,16H,7,14H2,1-2H3,(H2,13,18)(H,15,17). The summed E-state index contributed by atoms with van der Waals surface area (Å²) in [7, 11) is 0. The molecule has 0 heterocycles. The van der Waals surface area contributed by atoms with Gasteiger partial charge in [-0.25, -0.2) is 0 Å². The molecule has 18 heavy (non-hydrogen) atoms. The first kappa shape index (κ1) is 14.0. The van der Waals surface area contributed by atoms with Crippen LogP contribution in [0.1, 0.15) is 24.2 Å². The lowest BCUT2D eigenvalue weighted by molar-refractivity contribution is -0.125. The fourth-order valence-electron chi connectivity index (χ4n) is 1.29. The second kappa shape index (κ2) is 5.50. The van der Waals surface area contributed by atoms with Gasteiger partial charge in [0.1, 0.15) is 0 Å². The molecule has 0 atom stereocenters. The molecule has 6 nitrogen and oxygen atoms in total. The highest BCUT2D eigenvalue weighted by Crippen LogP contribution is 2.15. The van der Waals surface area contributed by atoms with Crippen LogP contribution in [0.15, 0.2) is 24.3 Å². The van der Waals surface area contributed by atoms with Gasteiger partial charge < -0.3 is 16.5 Å². The van der Waals surface area contributed by atoms with E-state index in [-0.39, 0.29) is 12.5 Å². The summed E-state index contributed by atoms with van der Waals surface area (Å²) < 4.78 is 0. The molecule has 1 rings (SSSR count). The second-order valence-electron chi connectivity index (χ2n) is 4.62. The monoisotopic (exact) mass is 250 g/mol. The maximum atomic E-state index is 11.9. The van der Waals surface area contributed by atoms with Crippen molar-refractivity contribution in [1.82, 2.24) is 5.32 Å². The highest BCUT2D eigenvalue weighted by molar-refractivity contribution is 5.99. The predicted octanol–water partition coefficient (Wildman–Crippen LogP) is 0.214. The molecule has 0 aromatic heterocycles. The lowest BCUT2D eigenvalue weighted by Gasteiger charge is -2.21. The Morgan fingerprint density at radius 2 is 1.89 bits per heavy atom. The fourth-order valence-corrected chi connectivity index (χ4v) is 1.29. The third kappa shape index (κ3) is 3.21. The van der Waals surface area contributed by atoms with Gasteiger partial charge in [-0.1, -0.05) is 12.1 Å². The van der Waals surface area contributed by atoms with Crippen LogP contribution >= 0.6 is 0 Å². The summed E-state index contributed by atoms with van der Waals surface area (Å²) in [5, 5.41) is 2.66. The van der Waals surface area contributed by atoms with Crippen molar-refractivity contribution < 1.29 is 9.59 Å². The molecule has 6 heteroatoms. The summed E-state index contributed by atoms with van der Waals surface area (Å²) in [6, 6.07) is 6.82. The first-order chi connectivity index (χ1) is 8.38. The molecule has 0 bridgehead atoms. The molecule has 0 unspecified atom stereocenters. The van der Waals surface area contributed by atoms with Gasteiger partial charge in [-0.2, -0.15) is 0 Å². The Labute approximate surface area is 106 Å². The SMILES string of the molecule is CC(C)(CNC(=O)c1ccccc1NN)C(N)=O. The largest absolute Gasteiger partial charge is 0.369 e. The number of hydrogen-bond donors (Lipinski definition) is 4. The molecular formula is C12H18N4O2. The highest BCUT2D eigenvalue weighted by atomic mass is 16.2. The number of anilines is 1. The molecule has 0 spiro atoms. The third-order valence-electron chi connectivity index (χ3n) is 2.69. The molecule has 98 valence electrons. The number of amides is 2. The van der Waals surface area contributed by atoms with Crippen molar-refractivity contribution in [3.8, 4) is 0 Å². The maximum absolute atomic E-state index is 11.9. The Morgan fingerprint density at radius 3 is 2.44 bits per heavy atom. The number of nitrogen functional groups attached to an aromatic ring is 1. The van der Waals surface area contributed by atoms with Gasteiger partial charge in [0.05, 0.1) is 16.7 Å². The second-order valence-corrected chi connectivity index (χ2v) is 4.62. The number of nitrogens with one attached hydrogen (secondary N) is 2. The number of carbonyl (C=O) groups excluding carboxylic acids is 2. The van der Waals surface area contributed by atoms with Crippen molar-refractivity contribution >= 4 is 17.5 Å². The van der Waals surface area contributed by atoms with Crippen LogP contribution in [0.4, 0.5) is 5.69 Å². The first-order valence-electron chi connectivity index (χ1n) is 5.52. The lowest BCUT2D eigenvalue weighted by atomic mass is 9.92. The minimum atomic E-state index is -0.791. The molecule has 1 aromatic rings. The quantitative estimate of drug-likeness (QED) is 0.442. The molecule has 2 amide bonds. The van der Waals surface area contributed by atoms with E-state index in [9.17, 15) is 9.59 Å². The molecule has 0 fully saturated rings. The van der Waals surface area contributed by atoms with E-state index < -0.39 is 11.3 Å². The van der Waals surface area contributed by atoms with E-state index in [0.29, 0.717) is 11.3 Å². The van der Waals surface area contributed by atoms with E-state index in [4.69, 9.17) is 11.6 Å². The van der Waals surface area contributed by atoms with Crippen LogP contribution in [0.3, 0.4) is 0 Å². The van der Waals surface area contributed by atoms with Crippen LogP contribution in [-0.2, 0) is 4.79 Å². The van der Waals surface area contributed by atoms with E-state index in [1.54, 1.807) is 38.1 Å². The molecule has 0 radical (unpaired) electrons. The number of benzene rings is 1. The maximum Gasteiger partial charge on any atom is 0.253 e. The van der Waals surface area contributed by atoms with Crippen molar-refractivity contribution in [2.45, 2.75) is 13.8 Å². The average molecular weight is 250 g/mol. The predicted molar refractivity (Wildman–Crippen MR) is 69.6 cm³/mol. The third-order valence-corrected chi connectivity index (χ3v) is 2.69. The molecule has 0 saturated heterocycles. The average Bonchev–Trinajstić information content (AvgIpc) is 2.35. The number of hydrogen-bond acceptors (Lipinski definition) is 4. The van der Waals surface area contributed by atoms with Crippen LogP contribution in [0.5, 0.6) is 0 Å². The number of nitrogens with two attached hydrogens (primary N) is 2. The fraction of sp³-hybridized carbons (Fsp3) is 0.333. The van der Waals surface area contributed by atoms with E-state index >= 15 is 0 Å². The van der Waals surface area contributed by atoms with E-state index in [1.165, 1.54) is 0 Å². The topological polar surface area (TPSA) is 110 Å². The van der Waals surface area contributed by atoms with Crippen LogP contribution in [0.25, 0.3) is 0 Å². The minimum absolute atomic E-state index is 0.167. The smallest absolute Gasteiger partial charge is 0.253 e.